The van der Waals surface area contributed by atoms with Crippen LogP contribution >= 0.6 is 11.6 Å². The van der Waals surface area contributed by atoms with Crippen molar-refractivity contribution in [3.8, 4) is 22.5 Å². The second-order valence-corrected chi connectivity index (χ2v) is 13.2. The smallest absolute Gasteiger partial charge is 0.222 e. The summed E-state index contributed by atoms with van der Waals surface area (Å²) in [7, 11) is 0. The van der Waals surface area contributed by atoms with Gasteiger partial charge in [0.05, 0.1) is 68.5 Å². The molecule has 1 amide bonds. The van der Waals surface area contributed by atoms with Gasteiger partial charge in [0.25, 0.3) is 0 Å². The van der Waals surface area contributed by atoms with E-state index in [9.17, 15) is 9.18 Å². The molecule has 282 valence electrons. The topological polar surface area (TPSA) is 149 Å². The average molecular weight is 740 g/mol. The van der Waals surface area contributed by atoms with E-state index in [0.717, 1.165) is 77.9 Å². The fourth-order valence-corrected chi connectivity index (χ4v) is 6.23. The van der Waals surface area contributed by atoms with Crippen molar-refractivity contribution in [1.29, 1.82) is 0 Å². The van der Waals surface area contributed by atoms with E-state index >= 15 is 0 Å². The van der Waals surface area contributed by atoms with Crippen molar-refractivity contribution >= 4 is 40.0 Å². The zero-order valence-electron chi connectivity index (χ0n) is 30.1. The van der Waals surface area contributed by atoms with Gasteiger partial charge in [0.2, 0.25) is 5.91 Å². The van der Waals surface area contributed by atoms with Crippen LogP contribution in [0.3, 0.4) is 0 Å². The number of piperidine rings is 1. The molecule has 1 fully saturated rings. The zero-order valence-corrected chi connectivity index (χ0v) is 30.9. The minimum atomic E-state index is -0.316. The lowest BCUT2D eigenvalue weighted by Gasteiger charge is -2.35. The quantitative estimate of drug-likeness (QED) is 0.0783. The standard InChI is InChI=1S/C38H51ClFN7O5/c1-3-13-49-15-17-51-19-20-52-18-16-50-14-8-34(48)42-9-10-43-37-35(38-45-32-5-4-28(39)24-33(32)46-38)36(47-11-6-30(41)7-12-47)31(25-44-37)27-21-26(2)22-29(40)23-27/h4-5,21-25,30H,3,6-20,41H2,1-2H3,(H,42,48)(H,43,44)(H,45,46). The summed E-state index contributed by atoms with van der Waals surface area (Å²) in [6.07, 6.45) is 4.63. The van der Waals surface area contributed by atoms with Crippen LogP contribution in [-0.4, -0.2) is 106 Å². The number of H-pyrrole nitrogens is 1. The monoisotopic (exact) mass is 739 g/mol. The Labute approximate surface area is 309 Å². The number of nitrogens with two attached hydrogens (primary N) is 1. The SMILES string of the molecule is CCCOCCOCCOCCOCCC(=O)NCCNc1ncc(-c2cc(C)cc(F)c2)c(N2CCC(N)CC2)c1-c1nc2ccc(Cl)cc2[nH]1. The number of aryl methyl sites for hydroxylation is 1. The number of imidazole rings is 1. The molecule has 5 N–H and O–H groups in total. The molecule has 4 aromatic rings. The molecular formula is C38H51ClFN7O5. The van der Waals surface area contributed by atoms with E-state index in [1.165, 1.54) is 12.1 Å². The molecule has 5 rings (SSSR count). The average Bonchev–Trinajstić information content (AvgIpc) is 3.54. The summed E-state index contributed by atoms with van der Waals surface area (Å²) in [6, 6.07) is 10.6. The van der Waals surface area contributed by atoms with E-state index in [1.807, 2.05) is 25.1 Å². The van der Waals surface area contributed by atoms with E-state index in [-0.39, 0.29) is 24.2 Å². The van der Waals surface area contributed by atoms with Crippen molar-refractivity contribution in [3.05, 3.63) is 59.0 Å². The third-order valence-corrected chi connectivity index (χ3v) is 8.85. The highest BCUT2D eigenvalue weighted by Gasteiger charge is 2.27. The maximum Gasteiger partial charge on any atom is 0.222 e. The highest BCUT2D eigenvalue weighted by Crippen LogP contribution is 2.44. The number of amides is 1. The zero-order chi connectivity index (χ0) is 36.7. The maximum absolute atomic E-state index is 14.8. The second-order valence-electron chi connectivity index (χ2n) is 12.8. The van der Waals surface area contributed by atoms with Crippen LogP contribution in [0.5, 0.6) is 0 Å². The Bertz CT molecular complexity index is 1710. The van der Waals surface area contributed by atoms with E-state index in [4.69, 9.17) is 46.3 Å². The van der Waals surface area contributed by atoms with Gasteiger partial charge in [-0.25, -0.2) is 14.4 Å². The molecular weight excluding hydrogens is 689 g/mol. The van der Waals surface area contributed by atoms with Crippen LogP contribution in [0, 0.1) is 12.7 Å². The highest BCUT2D eigenvalue weighted by molar-refractivity contribution is 6.31. The molecule has 2 aromatic heterocycles. The number of carbonyl (C=O) groups excluding carboxylic acids is 1. The summed E-state index contributed by atoms with van der Waals surface area (Å²) in [4.78, 5) is 28.1. The second kappa shape index (κ2) is 20.4. The summed E-state index contributed by atoms with van der Waals surface area (Å²) >= 11 is 6.32. The van der Waals surface area contributed by atoms with Gasteiger partial charge in [-0.05, 0) is 67.6 Å². The lowest BCUT2D eigenvalue weighted by atomic mass is 9.96. The van der Waals surface area contributed by atoms with Crippen LogP contribution in [0.15, 0.2) is 42.6 Å². The van der Waals surface area contributed by atoms with Crippen molar-refractivity contribution in [3.63, 3.8) is 0 Å². The summed E-state index contributed by atoms with van der Waals surface area (Å²) in [5, 5.41) is 6.96. The number of ether oxygens (including phenoxy) is 4. The van der Waals surface area contributed by atoms with Gasteiger partial charge in [-0.15, -0.1) is 0 Å². The first-order valence-corrected chi connectivity index (χ1v) is 18.5. The van der Waals surface area contributed by atoms with Gasteiger partial charge >= 0.3 is 0 Å². The maximum atomic E-state index is 14.8. The summed E-state index contributed by atoms with van der Waals surface area (Å²) in [6.45, 7) is 10.1. The van der Waals surface area contributed by atoms with Crippen LogP contribution in [0.1, 0.15) is 38.2 Å². The van der Waals surface area contributed by atoms with E-state index < -0.39 is 0 Å². The van der Waals surface area contributed by atoms with Gasteiger partial charge in [-0.3, -0.25) is 4.79 Å². The molecule has 1 aliphatic heterocycles. The lowest BCUT2D eigenvalue weighted by molar-refractivity contribution is -0.122. The molecule has 0 spiro atoms. The molecule has 14 heteroatoms. The van der Waals surface area contributed by atoms with Crippen LogP contribution in [0.25, 0.3) is 33.5 Å². The Morgan fingerprint density at radius 1 is 0.981 bits per heavy atom. The number of halogens is 2. The molecule has 1 aliphatic rings. The minimum absolute atomic E-state index is 0.112. The molecule has 52 heavy (non-hydrogen) atoms. The van der Waals surface area contributed by atoms with Crippen molar-refractivity contribution < 1.29 is 28.1 Å². The van der Waals surface area contributed by atoms with Gasteiger partial charge < -0.3 is 45.2 Å². The number of aromatic amines is 1. The van der Waals surface area contributed by atoms with E-state index in [2.05, 4.69) is 27.4 Å². The number of anilines is 2. The molecule has 12 nitrogen and oxygen atoms in total. The number of benzene rings is 2. The van der Waals surface area contributed by atoms with Crippen LogP contribution in [0.4, 0.5) is 15.9 Å². The van der Waals surface area contributed by atoms with Gasteiger partial charge in [-0.2, -0.15) is 0 Å². The molecule has 0 radical (unpaired) electrons. The van der Waals surface area contributed by atoms with Crippen LogP contribution in [-0.2, 0) is 23.7 Å². The lowest BCUT2D eigenvalue weighted by Crippen LogP contribution is -2.40. The van der Waals surface area contributed by atoms with E-state index in [1.54, 1.807) is 12.3 Å². The van der Waals surface area contributed by atoms with Crippen LogP contribution < -0.4 is 21.3 Å². The van der Waals surface area contributed by atoms with Gasteiger partial charge in [0, 0.05) is 62.0 Å². The highest BCUT2D eigenvalue weighted by atomic mass is 35.5. The molecule has 2 aromatic carbocycles. The number of hydrogen-bond acceptors (Lipinski definition) is 10. The first-order chi connectivity index (χ1) is 25.3. The number of rotatable bonds is 21. The largest absolute Gasteiger partial charge is 0.379 e. The van der Waals surface area contributed by atoms with Crippen molar-refractivity contribution in [1.82, 2.24) is 20.3 Å². The van der Waals surface area contributed by atoms with Crippen molar-refractivity contribution in [2.24, 2.45) is 5.73 Å². The Morgan fingerprint density at radius 2 is 1.67 bits per heavy atom. The molecule has 0 aliphatic carbocycles. The first kappa shape index (κ1) is 39.4. The number of hydrogen-bond donors (Lipinski definition) is 4. The molecule has 0 bridgehead atoms. The third kappa shape index (κ3) is 11.6. The molecule has 1 saturated heterocycles. The Kier molecular flexibility index (Phi) is 15.4. The fraction of sp³-hybridized carbons (Fsp3) is 0.500. The minimum Gasteiger partial charge on any atom is -0.379 e. The van der Waals surface area contributed by atoms with Gasteiger partial charge in [-0.1, -0.05) is 24.6 Å². The Morgan fingerprint density at radius 3 is 2.37 bits per heavy atom. The van der Waals surface area contributed by atoms with Gasteiger partial charge in [0.1, 0.15) is 17.5 Å². The van der Waals surface area contributed by atoms with Crippen molar-refractivity contribution in [2.75, 3.05) is 89.3 Å². The molecule has 3 heterocycles. The van der Waals surface area contributed by atoms with Gasteiger partial charge in [0.15, 0.2) is 0 Å². The Balaban J connectivity index is 1.22. The van der Waals surface area contributed by atoms with Crippen molar-refractivity contribution in [2.45, 2.75) is 45.6 Å². The molecule has 0 atom stereocenters. The number of fused-ring (bicyclic) bond motifs is 1. The first-order valence-electron chi connectivity index (χ1n) is 18.1. The summed E-state index contributed by atoms with van der Waals surface area (Å²) < 4.78 is 36.6. The molecule has 0 saturated carbocycles. The van der Waals surface area contributed by atoms with E-state index in [0.29, 0.717) is 76.0 Å². The molecule has 0 unspecified atom stereocenters. The number of nitrogens with one attached hydrogen (secondary N) is 3. The predicted octanol–water partition coefficient (Wildman–Crippen LogP) is 5.71. The number of carbonyl (C=O) groups is 1. The normalized spacial score (nSPS) is 13.6. The summed E-state index contributed by atoms with van der Waals surface area (Å²) in [5.74, 6) is 0.746. The summed E-state index contributed by atoms with van der Waals surface area (Å²) in [5.41, 5.74) is 11.8. The predicted molar refractivity (Wildman–Crippen MR) is 204 cm³/mol. The number of pyridine rings is 1. The fourth-order valence-electron chi connectivity index (χ4n) is 6.06. The third-order valence-electron chi connectivity index (χ3n) is 8.62. The van der Waals surface area contributed by atoms with Crippen LogP contribution in [0.2, 0.25) is 5.02 Å². The number of nitrogens with zero attached hydrogens (tertiary/aromatic N) is 3. The number of aromatic nitrogens is 3. The Hall–Kier alpha value is -3.85.